The van der Waals surface area contributed by atoms with Gasteiger partial charge in [0.15, 0.2) is 0 Å². The first-order chi connectivity index (χ1) is 14.0. The van der Waals surface area contributed by atoms with Gasteiger partial charge in [-0.1, -0.05) is 0 Å². The number of hydrogen-bond donors (Lipinski definition) is 0. The molecule has 0 saturated carbocycles. The van der Waals surface area contributed by atoms with Crippen molar-refractivity contribution in [3.63, 3.8) is 0 Å². The van der Waals surface area contributed by atoms with Gasteiger partial charge in [-0.3, -0.25) is 14.5 Å². The molecule has 1 amide bonds. The lowest BCUT2D eigenvalue weighted by atomic mass is 10.1. The summed E-state index contributed by atoms with van der Waals surface area (Å²) in [5.41, 5.74) is 4.26. The van der Waals surface area contributed by atoms with E-state index in [-0.39, 0.29) is 5.91 Å². The summed E-state index contributed by atoms with van der Waals surface area (Å²) in [4.78, 5) is 23.5. The SMILES string of the molecule is Cc1cc(C)n(CCC(=O)N2CCC(Cn3c(C)cnc3-c3cccnc3)C2)n1. The van der Waals surface area contributed by atoms with Crippen LogP contribution in [0.25, 0.3) is 11.4 Å². The third-order valence-corrected chi connectivity index (χ3v) is 5.69. The van der Waals surface area contributed by atoms with Crippen LogP contribution in [0.3, 0.4) is 0 Å². The zero-order valence-corrected chi connectivity index (χ0v) is 17.4. The Morgan fingerprint density at radius 3 is 2.79 bits per heavy atom. The first kappa shape index (κ1) is 19.4. The van der Waals surface area contributed by atoms with Crippen molar-refractivity contribution in [1.82, 2.24) is 29.2 Å². The van der Waals surface area contributed by atoms with Crippen LogP contribution >= 0.6 is 0 Å². The number of hydrogen-bond acceptors (Lipinski definition) is 4. The van der Waals surface area contributed by atoms with Crippen LogP contribution in [0, 0.1) is 26.7 Å². The molecule has 7 heteroatoms. The molecule has 0 aromatic carbocycles. The van der Waals surface area contributed by atoms with Crippen molar-refractivity contribution < 1.29 is 4.79 Å². The minimum atomic E-state index is 0.217. The fraction of sp³-hybridized carbons (Fsp3) is 0.455. The number of carbonyl (C=O) groups excluding carboxylic acids is 1. The Hall–Kier alpha value is -2.96. The second-order valence-corrected chi connectivity index (χ2v) is 7.97. The van der Waals surface area contributed by atoms with Crippen LogP contribution in [-0.2, 0) is 17.9 Å². The van der Waals surface area contributed by atoms with Gasteiger partial charge in [0.25, 0.3) is 0 Å². The third kappa shape index (κ3) is 4.23. The summed E-state index contributed by atoms with van der Waals surface area (Å²) in [6, 6.07) is 6.01. The van der Waals surface area contributed by atoms with Gasteiger partial charge in [-0.2, -0.15) is 5.10 Å². The quantitative estimate of drug-likeness (QED) is 0.647. The smallest absolute Gasteiger partial charge is 0.224 e. The van der Waals surface area contributed by atoms with Crippen molar-refractivity contribution in [3.8, 4) is 11.4 Å². The highest BCUT2D eigenvalue weighted by molar-refractivity contribution is 5.76. The van der Waals surface area contributed by atoms with Gasteiger partial charge in [0.2, 0.25) is 5.91 Å². The molecule has 29 heavy (non-hydrogen) atoms. The number of rotatable bonds is 6. The van der Waals surface area contributed by atoms with E-state index in [4.69, 9.17) is 0 Å². The lowest BCUT2D eigenvalue weighted by Crippen LogP contribution is -2.30. The summed E-state index contributed by atoms with van der Waals surface area (Å²) < 4.78 is 4.18. The molecular weight excluding hydrogens is 364 g/mol. The zero-order chi connectivity index (χ0) is 20.4. The summed E-state index contributed by atoms with van der Waals surface area (Å²) in [6.45, 7) is 9.25. The van der Waals surface area contributed by atoms with Crippen LogP contribution in [0.1, 0.15) is 29.9 Å². The number of pyridine rings is 1. The second kappa shape index (κ2) is 8.19. The van der Waals surface area contributed by atoms with Crippen molar-refractivity contribution in [1.29, 1.82) is 0 Å². The Kier molecular flexibility index (Phi) is 5.47. The van der Waals surface area contributed by atoms with E-state index in [1.54, 1.807) is 6.20 Å². The van der Waals surface area contributed by atoms with Crippen LogP contribution < -0.4 is 0 Å². The Balaban J connectivity index is 1.36. The minimum Gasteiger partial charge on any atom is -0.342 e. The maximum atomic E-state index is 12.7. The Labute approximate surface area is 171 Å². The highest BCUT2D eigenvalue weighted by atomic mass is 16.2. The van der Waals surface area contributed by atoms with E-state index < -0.39 is 0 Å². The molecule has 152 valence electrons. The summed E-state index contributed by atoms with van der Waals surface area (Å²) >= 11 is 0. The van der Waals surface area contributed by atoms with Crippen molar-refractivity contribution in [2.75, 3.05) is 13.1 Å². The maximum absolute atomic E-state index is 12.7. The number of aromatic nitrogens is 5. The lowest BCUT2D eigenvalue weighted by molar-refractivity contribution is -0.130. The number of amides is 1. The maximum Gasteiger partial charge on any atom is 0.224 e. The highest BCUT2D eigenvalue weighted by Gasteiger charge is 2.27. The largest absolute Gasteiger partial charge is 0.342 e. The average Bonchev–Trinajstić information content (AvgIpc) is 3.41. The van der Waals surface area contributed by atoms with E-state index >= 15 is 0 Å². The van der Waals surface area contributed by atoms with Crippen LogP contribution in [0.2, 0.25) is 0 Å². The number of likely N-dealkylation sites (tertiary alicyclic amines) is 1. The molecule has 1 aliphatic heterocycles. The normalized spacial score (nSPS) is 16.5. The van der Waals surface area contributed by atoms with E-state index in [1.165, 1.54) is 0 Å². The summed E-state index contributed by atoms with van der Waals surface area (Å²) in [7, 11) is 0. The van der Waals surface area contributed by atoms with Gasteiger partial charge in [0, 0.05) is 68.1 Å². The van der Waals surface area contributed by atoms with E-state index in [2.05, 4.69) is 26.6 Å². The molecule has 1 aliphatic rings. The fourth-order valence-electron chi connectivity index (χ4n) is 4.14. The molecule has 3 aromatic rings. The predicted octanol–water partition coefficient (Wildman–Crippen LogP) is 3.01. The fourth-order valence-corrected chi connectivity index (χ4v) is 4.14. The van der Waals surface area contributed by atoms with Crippen molar-refractivity contribution in [3.05, 3.63) is 53.9 Å². The summed E-state index contributed by atoms with van der Waals surface area (Å²) in [5, 5.41) is 4.45. The van der Waals surface area contributed by atoms with Gasteiger partial charge in [0.1, 0.15) is 5.82 Å². The van der Waals surface area contributed by atoms with Gasteiger partial charge in [-0.15, -0.1) is 0 Å². The van der Waals surface area contributed by atoms with E-state index in [9.17, 15) is 4.79 Å². The third-order valence-electron chi connectivity index (χ3n) is 5.69. The summed E-state index contributed by atoms with van der Waals surface area (Å²) in [5.74, 6) is 1.61. The average molecular weight is 393 g/mol. The van der Waals surface area contributed by atoms with Crippen molar-refractivity contribution >= 4 is 5.91 Å². The zero-order valence-electron chi connectivity index (χ0n) is 17.4. The lowest BCUT2D eigenvalue weighted by Gasteiger charge is -2.18. The number of imidazole rings is 1. The molecule has 1 unspecified atom stereocenters. The van der Waals surface area contributed by atoms with Crippen LogP contribution in [0.4, 0.5) is 0 Å². The molecular formula is C22H28N6O. The monoisotopic (exact) mass is 392 g/mol. The first-order valence-corrected chi connectivity index (χ1v) is 10.2. The number of nitrogens with zero attached hydrogens (tertiary/aromatic N) is 6. The molecule has 0 bridgehead atoms. The van der Waals surface area contributed by atoms with Crippen molar-refractivity contribution in [2.24, 2.45) is 5.92 Å². The van der Waals surface area contributed by atoms with E-state index in [0.29, 0.717) is 18.9 Å². The molecule has 7 nitrogen and oxygen atoms in total. The molecule has 4 heterocycles. The molecule has 3 aromatic heterocycles. The van der Waals surface area contributed by atoms with Gasteiger partial charge < -0.3 is 9.47 Å². The molecule has 1 atom stereocenters. The van der Waals surface area contributed by atoms with E-state index in [0.717, 1.165) is 54.5 Å². The Bertz CT molecular complexity index is 990. The van der Waals surface area contributed by atoms with E-state index in [1.807, 2.05) is 54.0 Å². The molecule has 0 radical (unpaired) electrons. The molecule has 1 fully saturated rings. The first-order valence-electron chi connectivity index (χ1n) is 10.2. The van der Waals surface area contributed by atoms with Crippen LogP contribution in [-0.4, -0.2) is 48.2 Å². The molecule has 0 spiro atoms. The van der Waals surface area contributed by atoms with Crippen LogP contribution in [0.5, 0.6) is 0 Å². The molecule has 1 saturated heterocycles. The topological polar surface area (TPSA) is 68.8 Å². The summed E-state index contributed by atoms with van der Waals surface area (Å²) in [6.07, 6.45) is 7.06. The number of carbonyl (C=O) groups is 1. The van der Waals surface area contributed by atoms with Crippen molar-refractivity contribution in [2.45, 2.75) is 46.7 Å². The standard InChI is InChI=1S/C22H28N6O/c1-16-11-17(2)28(25-16)10-7-21(29)26-9-6-19(14-26)15-27-18(3)12-24-22(27)20-5-4-8-23-13-20/h4-5,8,11-13,19H,6-7,9-10,14-15H2,1-3H3. The van der Waals surface area contributed by atoms with Gasteiger partial charge in [-0.25, -0.2) is 4.98 Å². The highest BCUT2D eigenvalue weighted by Crippen LogP contribution is 2.24. The second-order valence-electron chi connectivity index (χ2n) is 7.97. The van der Waals surface area contributed by atoms with Gasteiger partial charge in [0.05, 0.1) is 5.69 Å². The number of aryl methyl sites for hydroxylation is 4. The Morgan fingerprint density at radius 1 is 1.21 bits per heavy atom. The van der Waals surface area contributed by atoms with Crippen LogP contribution in [0.15, 0.2) is 36.8 Å². The molecule has 0 aliphatic carbocycles. The predicted molar refractivity (Wildman–Crippen MR) is 111 cm³/mol. The molecule has 4 rings (SSSR count). The Morgan fingerprint density at radius 2 is 2.07 bits per heavy atom. The minimum absolute atomic E-state index is 0.217. The molecule has 0 N–H and O–H groups in total. The van der Waals surface area contributed by atoms with Gasteiger partial charge >= 0.3 is 0 Å². The van der Waals surface area contributed by atoms with Gasteiger partial charge in [-0.05, 0) is 51.3 Å².